The Hall–Kier alpha value is -2.03. The highest BCUT2D eigenvalue weighted by Gasteiger charge is 2.21. The van der Waals surface area contributed by atoms with Gasteiger partial charge in [-0.05, 0) is 22.6 Å². The zero-order chi connectivity index (χ0) is 10.7. The summed E-state index contributed by atoms with van der Waals surface area (Å²) in [6.07, 6.45) is 2.46. The van der Waals surface area contributed by atoms with Crippen LogP contribution >= 0.6 is 0 Å². The molecule has 0 fully saturated rings. The minimum absolute atomic E-state index is 0.224. The molecule has 2 heterocycles. The van der Waals surface area contributed by atoms with Crippen LogP contribution in [0.15, 0.2) is 34.6 Å². The molecule has 0 aliphatic heterocycles. The van der Waals surface area contributed by atoms with Gasteiger partial charge < -0.3 is 0 Å². The van der Waals surface area contributed by atoms with E-state index in [4.69, 9.17) is 0 Å². The maximum atomic E-state index is 11.8. The number of hydrogen-bond acceptors (Lipinski definition) is 8. The van der Waals surface area contributed by atoms with Crippen molar-refractivity contribution in [3.8, 4) is 0 Å². The second-order valence-electron chi connectivity index (χ2n) is 2.42. The molecule has 0 saturated carbocycles. The molecule has 0 aliphatic rings. The van der Waals surface area contributed by atoms with Gasteiger partial charge in [-0.1, -0.05) is 0 Å². The quantitative estimate of drug-likeness (QED) is 0.631. The molecule has 8 nitrogen and oxygen atoms in total. The molecule has 0 aromatic carbocycles. The third-order valence-electron chi connectivity index (χ3n) is 1.51. The predicted molar refractivity (Wildman–Crippen MR) is 45.1 cm³/mol. The van der Waals surface area contributed by atoms with Crippen LogP contribution in [0.5, 0.6) is 0 Å². The Morgan fingerprint density at radius 3 is 1.67 bits per heavy atom. The molecule has 0 atom stereocenters. The lowest BCUT2D eigenvalue weighted by atomic mass is 10.7. The van der Waals surface area contributed by atoms with Crippen molar-refractivity contribution in [1.82, 2.24) is 30.8 Å². The third kappa shape index (κ3) is 1.76. The van der Waals surface area contributed by atoms with Crippen molar-refractivity contribution in [3.05, 3.63) is 24.5 Å². The Kier molecular flexibility index (Phi) is 2.29. The minimum Gasteiger partial charge on any atom is -0.215 e. The highest BCUT2D eigenvalue weighted by Crippen LogP contribution is 2.13. The zero-order valence-electron chi connectivity index (χ0n) is 7.22. The van der Waals surface area contributed by atoms with Gasteiger partial charge >= 0.3 is 0 Å². The normalized spacial score (nSPS) is 11.2. The Morgan fingerprint density at radius 2 is 1.33 bits per heavy atom. The van der Waals surface area contributed by atoms with E-state index >= 15 is 0 Å². The van der Waals surface area contributed by atoms with Gasteiger partial charge in [0.25, 0.3) is 0 Å². The minimum atomic E-state index is -3.77. The molecule has 0 radical (unpaired) electrons. The topological polar surface area (TPSA) is 111 Å². The molecule has 9 heteroatoms. The average molecular weight is 224 g/mol. The Morgan fingerprint density at radius 1 is 0.867 bits per heavy atom. The number of sulfone groups is 1. The van der Waals surface area contributed by atoms with Crippen molar-refractivity contribution in [2.24, 2.45) is 0 Å². The van der Waals surface area contributed by atoms with Crippen molar-refractivity contribution in [2.45, 2.75) is 10.1 Å². The summed E-state index contributed by atoms with van der Waals surface area (Å²) >= 11 is 0. The van der Waals surface area contributed by atoms with E-state index in [1.54, 1.807) is 0 Å². The molecule has 0 amide bonds. The van der Waals surface area contributed by atoms with Crippen LogP contribution in [0.1, 0.15) is 0 Å². The molecule has 0 N–H and O–H groups in total. The van der Waals surface area contributed by atoms with Crippen LogP contribution in [0.3, 0.4) is 0 Å². The molecule has 76 valence electrons. The van der Waals surface area contributed by atoms with E-state index in [0.717, 1.165) is 0 Å². The Labute approximate surface area is 84.3 Å². The van der Waals surface area contributed by atoms with Crippen molar-refractivity contribution in [2.75, 3.05) is 0 Å². The van der Waals surface area contributed by atoms with Crippen molar-refractivity contribution in [1.29, 1.82) is 0 Å². The zero-order valence-corrected chi connectivity index (χ0v) is 8.03. The van der Waals surface area contributed by atoms with E-state index in [1.165, 1.54) is 24.5 Å². The summed E-state index contributed by atoms with van der Waals surface area (Å²) in [7, 11) is -3.77. The number of nitrogens with zero attached hydrogens (tertiary/aromatic N) is 6. The summed E-state index contributed by atoms with van der Waals surface area (Å²) in [5.74, 6) is 0. The first kappa shape index (κ1) is 9.52. The van der Waals surface area contributed by atoms with E-state index in [-0.39, 0.29) is 10.1 Å². The highest BCUT2D eigenvalue weighted by molar-refractivity contribution is 7.91. The van der Waals surface area contributed by atoms with E-state index in [9.17, 15) is 8.42 Å². The van der Waals surface area contributed by atoms with Crippen molar-refractivity contribution >= 4 is 9.84 Å². The van der Waals surface area contributed by atoms with E-state index < -0.39 is 9.84 Å². The summed E-state index contributed by atoms with van der Waals surface area (Å²) in [6.45, 7) is 0. The fourth-order valence-electron chi connectivity index (χ4n) is 0.854. The van der Waals surface area contributed by atoms with Gasteiger partial charge in [-0.2, -0.15) is 0 Å². The first-order valence-corrected chi connectivity index (χ1v) is 5.23. The van der Waals surface area contributed by atoms with Crippen molar-refractivity contribution < 1.29 is 8.42 Å². The van der Waals surface area contributed by atoms with Gasteiger partial charge in [0.2, 0.25) is 9.84 Å². The summed E-state index contributed by atoms with van der Waals surface area (Å²) < 4.78 is 23.5. The largest absolute Gasteiger partial charge is 0.245 e. The van der Waals surface area contributed by atoms with E-state index in [2.05, 4.69) is 30.8 Å². The molecule has 2 rings (SSSR count). The van der Waals surface area contributed by atoms with Gasteiger partial charge in [-0.25, -0.2) is 8.42 Å². The fourth-order valence-corrected chi connectivity index (χ4v) is 1.84. The molecule has 0 spiro atoms. The molecule has 0 aliphatic carbocycles. The maximum absolute atomic E-state index is 11.8. The van der Waals surface area contributed by atoms with Gasteiger partial charge in [0.15, 0.2) is 10.1 Å². The summed E-state index contributed by atoms with van der Waals surface area (Å²) in [5, 5.41) is 19.6. The second-order valence-corrected chi connectivity index (χ2v) is 4.26. The van der Waals surface area contributed by atoms with Gasteiger partial charge in [0.1, 0.15) is 0 Å². The van der Waals surface area contributed by atoms with Crippen LogP contribution < -0.4 is 0 Å². The van der Waals surface area contributed by atoms with Crippen molar-refractivity contribution in [3.63, 3.8) is 0 Å². The molecule has 0 unspecified atom stereocenters. The van der Waals surface area contributed by atoms with E-state index in [1.807, 2.05) is 0 Å². The highest BCUT2D eigenvalue weighted by atomic mass is 32.2. The van der Waals surface area contributed by atoms with Crippen LogP contribution in [-0.2, 0) is 9.84 Å². The summed E-state index contributed by atoms with van der Waals surface area (Å²) in [4.78, 5) is 0. The van der Waals surface area contributed by atoms with Gasteiger partial charge in [-0.3, -0.25) is 0 Å². The SMILES string of the molecule is O=S(=O)(c1ccnnn1)c1ccnnn1. The second kappa shape index (κ2) is 3.61. The Balaban J connectivity index is 2.55. The average Bonchev–Trinajstić information content (AvgIpc) is 2.31. The van der Waals surface area contributed by atoms with Crippen LogP contribution in [-0.4, -0.2) is 39.2 Å². The first-order chi connectivity index (χ1) is 7.21. The van der Waals surface area contributed by atoms with Gasteiger partial charge in [0, 0.05) is 0 Å². The standard InChI is InChI=1S/C6H4N6O2S/c13-15(14,5-1-3-7-11-9-5)6-2-4-8-12-10-6/h1-4H. The molecule has 15 heavy (non-hydrogen) atoms. The van der Waals surface area contributed by atoms with Crippen LogP contribution in [0.4, 0.5) is 0 Å². The maximum Gasteiger partial charge on any atom is 0.245 e. The lowest BCUT2D eigenvalue weighted by Crippen LogP contribution is -2.08. The Bertz CT molecular complexity index is 497. The third-order valence-corrected chi connectivity index (χ3v) is 3.04. The smallest absolute Gasteiger partial charge is 0.215 e. The molecule has 2 aromatic rings. The predicted octanol–water partition coefficient (Wildman–Crippen LogP) is -1.11. The van der Waals surface area contributed by atoms with Gasteiger partial charge in [0.05, 0.1) is 12.4 Å². The molecular formula is C6H4N6O2S. The molecule has 2 aromatic heterocycles. The van der Waals surface area contributed by atoms with Gasteiger partial charge in [-0.15, -0.1) is 20.4 Å². The summed E-state index contributed by atoms with van der Waals surface area (Å²) in [5.41, 5.74) is 0. The molecule has 0 bridgehead atoms. The fraction of sp³-hybridized carbons (Fsp3) is 0. The number of hydrogen-bond donors (Lipinski definition) is 0. The van der Waals surface area contributed by atoms with Crippen LogP contribution in [0.25, 0.3) is 0 Å². The molecular weight excluding hydrogens is 220 g/mol. The van der Waals surface area contributed by atoms with E-state index in [0.29, 0.717) is 0 Å². The van der Waals surface area contributed by atoms with Crippen LogP contribution in [0, 0.1) is 0 Å². The monoisotopic (exact) mass is 224 g/mol. The number of rotatable bonds is 2. The number of aromatic nitrogens is 6. The van der Waals surface area contributed by atoms with Crippen LogP contribution in [0.2, 0.25) is 0 Å². The lowest BCUT2D eigenvalue weighted by molar-refractivity contribution is 0.579. The molecule has 0 saturated heterocycles. The summed E-state index contributed by atoms with van der Waals surface area (Å²) in [6, 6.07) is 2.45. The first-order valence-electron chi connectivity index (χ1n) is 3.75. The lowest BCUT2D eigenvalue weighted by Gasteiger charge is -1.98.